The van der Waals surface area contributed by atoms with Crippen LogP contribution in [0.1, 0.15) is 22.8 Å². The number of carbonyl (C=O) groups excluding carboxylic acids is 1. The van der Waals surface area contributed by atoms with Crippen molar-refractivity contribution in [1.29, 1.82) is 0 Å². The van der Waals surface area contributed by atoms with Crippen LogP contribution >= 0.6 is 0 Å². The number of para-hydroxylation sites is 1. The van der Waals surface area contributed by atoms with Crippen molar-refractivity contribution in [3.8, 4) is 5.69 Å². The van der Waals surface area contributed by atoms with Crippen molar-refractivity contribution in [3.05, 3.63) is 72.3 Å². The van der Waals surface area contributed by atoms with Gasteiger partial charge in [-0.3, -0.25) is 9.78 Å². The van der Waals surface area contributed by atoms with Crippen LogP contribution in [0.5, 0.6) is 0 Å². The summed E-state index contributed by atoms with van der Waals surface area (Å²) in [5.41, 5.74) is 3.76. The highest BCUT2D eigenvalue weighted by Crippen LogP contribution is 2.27. The molecule has 0 saturated carbocycles. The predicted octanol–water partition coefficient (Wildman–Crippen LogP) is 2.75. The van der Waals surface area contributed by atoms with E-state index in [-0.39, 0.29) is 11.9 Å². The maximum atomic E-state index is 13.2. The van der Waals surface area contributed by atoms with Crippen molar-refractivity contribution in [2.45, 2.75) is 19.5 Å². The fraction of sp³-hybridized carbons (Fsp3) is 0.250. The van der Waals surface area contributed by atoms with Crippen molar-refractivity contribution in [1.82, 2.24) is 19.7 Å². The standard InChI is InChI=1S/C20H21N5O/c1-15-12-23(2)19-8-4-3-6-16(19)13-24(15)20(26)17-10-22-25(14-17)18-7-5-9-21-11-18/h3-11,14-15H,12-13H2,1-2H3/t15-/m1/s1. The number of carbonyl (C=O) groups is 1. The Labute approximate surface area is 152 Å². The van der Waals surface area contributed by atoms with Crippen LogP contribution in [0.3, 0.4) is 0 Å². The van der Waals surface area contributed by atoms with Gasteiger partial charge in [-0.2, -0.15) is 5.10 Å². The van der Waals surface area contributed by atoms with E-state index in [1.54, 1.807) is 29.5 Å². The molecule has 3 aromatic rings. The molecule has 132 valence electrons. The largest absolute Gasteiger partial charge is 0.372 e. The first-order valence-corrected chi connectivity index (χ1v) is 8.68. The third-order valence-corrected chi connectivity index (χ3v) is 4.81. The SMILES string of the molecule is C[C@@H]1CN(C)c2ccccc2CN1C(=O)c1cnn(-c2cccnc2)c1. The summed E-state index contributed by atoms with van der Waals surface area (Å²) in [4.78, 5) is 21.4. The Morgan fingerprint density at radius 3 is 2.81 bits per heavy atom. The zero-order valence-electron chi connectivity index (χ0n) is 14.9. The highest BCUT2D eigenvalue weighted by molar-refractivity contribution is 5.94. The van der Waals surface area contributed by atoms with Crippen LogP contribution in [0, 0.1) is 0 Å². The first-order valence-electron chi connectivity index (χ1n) is 8.68. The summed E-state index contributed by atoms with van der Waals surface area (Å²) in [7, 11) is 2.07. The first-order chi connectivity index (χ1) is 12.6. The topological polar surface area (TPSA) is 54.3 Å². The van der Waals surface area contributed by atoms with Gasteiger partial charge >= 0.3 is 0 Å². The summed E-state index contributed by atoms with van der Waals surface area (Å²) in [5, 5.41) is 4.33. The summed E-state index contributed by atoms with van der Waals surface area (Å²) in [6.07, 6.45) is 6.84. The Hall–Kier alpha value is -3.15. The van der Waals surface area contributed by atoms with Gasteiger partial charge in [-0.05, 0) is 30.7 Å². The molecule has 0 saturated heterocycles. The van der Waals surface area contributed by atoms with Crippen LogP contribution in [0.15, 0.2) is 61.2 Å². The fourth-order valence-corrected chi connectivity index (χ4v) is 3.45. The van der Waals surface area contributed by atoms with E-state index >= 15 is 0 Å². The Morgan fingerprint density at radius 1 is 1.15 bits per heavy atom. The molecule has 26 heavy (non-hydrogen) atoms. The number of hydrogen-bond acceptors (Lipinski definition) is 4. The van der Waals surface area contributed by atoms with E-state index in [4.69, 9.17) is 0 Å². The average Bonchev–Trinajstić information content (AvgIpc) is 3.12. The van der Waals surface area contributed by atoms with Crippen molar-refractivity contribution < 1.29 is 4.79 Å². The molecule has 4 rings (SSSR count). The van der Waals surface area contributed by atoms with E-state index in [1.807, 2.05) is 29.2 Å². The van der Waals surface area contributed by atoms with Crippen molar-refractivity contribution in [2.75, 3.05) is 18.5 Å². The first kappa shape index (κ1) is 16.3. The molecule has 1 amide bonds. The number of fused-ring (bicyclic) bond motifs is 1. The lowest BCUT2D eigenvalue weighted by atomic mass is 10.1. The quantitative estimate of drug-likeness (QED) is 0.715. The molecule has 0 aliphatic carbocycles. The fourth-order valence-electron chi connectivity index (χ4n) is 3.45. The molecule has 3 heterocycles. The smallest absolute Gasteiger partial charge is 0.257 e. The van der Waals surface area contributed by atoms with Gasteiger partial charge in [0, 0.05) is 44.3 Å². The second-order valence-electron chi connectivity index (χ2n) is 6.68. The Kier molecular flexibility index (Phi) is 4.16. The summed E-state index contributed by atoms with van der Waals surface area (Å²) in [5.74, 6) is -0.00209. The maximum Gasteiger partial charge on any atom is 0.257 e. The number of hydrogen-bond donors (Lipinski definition) is 0. The molecule has 0 unspecified atom stereocenters. The number of amides is 1. The average molecular weight is 347 g/mol. The van der Waals surface area contributed by atoms with Crippen LogP contribution in [-0.4, -0.2) is 45.2 Å². The van der Waals surface area contributed by atoms with Crippen LogP contribution in [0.2, 0.25) is 0 Å². The van der Waals surface area contributed by atoms with E-state index in [2.05, 4.69) is 41.1 Å². The highest BCUT2D eigenvalue weighted by Gasteiger charge is 2.28. The highest BCUT2D eigenvalue weighted by atomic mass is 16.2. The summed E-state index contributed by atoms with van der Waals surface area (Å²) < 4.78 is 1.68. The number of aromatic nitrogens is 3. The van der Waals surface area contributed by atoms with Crippen LogP contribution in [0.25, 0.3) is 5.69 Å². The molecule has 0 spiro atoms. The van der Waals surface area contributed by atoms with Crippen LogP contribution in [0.4, 0.5) is 5.69 Å². The third-order valence-electron chi connectivity index (χ3n) is 4.81. The lowest BCUT2D eigenvalue weighted by Gasteiger charge is -2.28. The van der Waals surface area contributed by atoms with Gasteiger partial charge in [0.2, 0.25) is 0 Å². The molecule has 1 aliphatic rings. The van der Waals surface area contributed by atoms with Gasteiger partial charge in [0.15, 0.2) is 0 Å². The number of likely N-dealkylation sites (N-methyl/N-ethyl adjacent to an activating group) is 1. The summed E-state index contributed by atoms with van der Waals surface area (Å²) in [6, 6.07) is 12.1. The van der Waals surface area contributed by atoms with E-state index in [9.17, 15) is 4.79 Å². The zero-order valence-corrected chi connectivity index (χ0v) is 14.9. The molecule has 2 aromatic heterocycles. The summed E-state index contributed by atoms with van der Waals surface area (Å²) >= 11 is 0. The van der Waals surface area contributed by atoms with E-state index in [0.717, 1.165) is 17.8 Å². The van der Waals surface area contributed by atoms with Gasteiger partial charge in [0.05, 0.1) is 23.6 Å². The lowest BCUT2D eigenvalue weighted by molar-refractivity contribution is 0.0687. The van der Waals surface area contributed by atoms with Gasteiger partial charge in [-0.1, -0.05) is 18.2 Å². The van der Waals surface area contributed by atoms with E-state index in [0.29, 0.717) is 12.1 Å². The van der Waals surface area contributed by atoms with Gasteiger partial charge in [0.25, 0.3) is 5.91 Å². The molecule has 0 N–H and O–H groups in total. The van der Waals surface area contributed by atoms with Gasteiger partial charge in [-0.15, -0.1) is 0 Å². The molecule has 1 aliphatic heterocycles. The number of benzene rings is 1. The third kappa shape index (κ3) is 2.94. The second-order valence-corrected chi connectivity index (χ2v) is 6.68. The number of nitrogens with zero attached hydrogens (tertiary/aromatic N) is 5. The van der Waals surface area contributed by atoms with E-state index in [1.165, 1.54) is 5.69 Å². The molecule has 6 nitrogen and oxygen atoms in total. The molecule has 0 radical (unpaired) electrons. The number of rotatable bonds is 2. The number of anilines is 1. The molecule has 6 heteroatoms. The van der Waals surface area contributed by atoms with Crippen LogP contribution in [-0.2, 0) is 6.54 Å². The van der Waals surface area contributed by atoms with Crippen molar-refractivity contribution in [2.24, 2.45) is 0 Å². The van der Waals surface area contributed by atoms with Crippen molar-refractivity contribution in [3.63, 3.8) is 0 Å². The molecular weight excluding hydrogens is 326 g/mol. The minimum absolute atomic E-state index is 0.00209. The Balaban J connectivity index is 1.63. The summed E-state index contributed by atoms with van der Waals surface area (Å²) in [6.45, 7) is 3.48. The monoisotopic (exact) mass is 347 g/mol. The van der Waals surface area contributed by atoms with Crippen LogP contribution < -0.4 is 4.90 Å². The molecule has 0 fully saturated rings. The Morgan fingerprint density at radius 2 is 2.00 bits per heavy atom. The minimum atomic E-state index is -0.00209. The predicted molar refractivity (Wildman–Crippen MR) is 100 cm³/mol. The molecular formula is C20H21N5O. The number of pyridine rings is 1. The molecule has 1 aromatic carbocycles. The Bertz CT molecular complexity index is 921. The van der Waals surface area contributed by atoms with Crippen molar-refractivity contribution >= 4 is 11.6 Å². The maximum absolute atomic E-state index is 13.2. The molecule has 1 atom stereocenters. The van der Waals surface area contributed by atoms with E-state index < -0.39 is 0 Å². The zero-order chi connectivity index (χ0) is 18.1. The normalized spacial score (nSPS) is 16.9. The van der Waals surface area contributed by atoms with Gasteiger partial charge in [-0.25, -0.2) is 4.68 Å². The van der Waals surface area contributed by atoms with Gasteiger partial charge in [0.1, 0.15) is 0 Å². The minimum Gasteiger partial charge on any atom is -0.372 e. The molecule has 0 bridgehead atoms. The second kappa shape index (κ2) is 6.63. The van der Waals surface area contributed by atoms with Gasteiger partial charge < -0.3 is 9.80 Å². The lowest BCUT2D eigenvalue weighted by Crippen LogP contribution is -2.41.